The van der Waals surface area contributed by atoms with E-state index in [1.54, 1.807) is 6.20 Å². The van der Waals surface area contributed by atoms with E-state index in [1.165, 1.54) is 0 Å². The van der Waals surface area contributed by atoms with Gasteiger partial charge in [0.15, 0.2) is 0 Å². The molecule has 0 bridgehead atoms. The van der Waals surface area contributed by atoms with Crippen LogP contribution in [0.15, 0.2) is 18.3 Å². The largest absolute Gasteiger partial charge is 0.396 e. The van der Waals surface area contributed by atoms with Crippen LogP contribution in [0.5, 0.6) is 0 Å². The minimum atomic E-state index is 0.201. The van der Waals surface area contributed by atoms with Crippen LogP contribution < -0.4 is 5.32 Å². The average Bonchev–Trinajstić information content (AvgIpc) is 2.25. The maximum atomic E-state index is 8.56. The molecule has 0 fully saturated rings. The SMILES string of the molecule is CNc1cc(C#CCCCO)ccn1. The number of rotatable bonds is 3. The van der Waals surface area contributed by atoms with Gasteiger partial charge in [0.1, 0.15) is 5.82 Å². The number of aromatic nitrogens is 1. The van der Waals surface area contributed by atoms with Crippen LogP contribution in [0.3, 0.4) is 0 Å². The van der Waals surface area contributed by atoms with Gasteiger partial charge in [0, 0.05) is 31.8 Å². The Kier molecular flexibility index (Phi) is 4.53. The third kappa shape index (κ3) is 3.46. The zero-order chi connectivity index (χ0) is 10.2. The molecule has 0 aliphatic rings. The van der Waals surface area contributed by atoms with Crippen molar-refractivity contribution >= 4 is 5.82 Å². The summed E-state index contributed by atoms with van der Waals surface area (Å²) in [6.45, 7) is 0.201. The fourth-order valence-corrected chi connectivity index (χ4v) is 0.977. The minimum Gasteiger partial charge on any atom is -0.396 e. The van der Waals surface area contributed by atoms with Crippen molar-refractivity contribution in [3.05, 3.63) is 23.9 Å². The number of unbranched alkanes of at least 4 members (excludes halogenated alkanes) is 1. The number of nitrogens with zero attached hydrogens (tertiary/aromatic N) is 1. The van der Waals surface area contributed by atoms with Gasteiger partial charge in [-0.15, -0.1) is 0 Å². The molecule has 1 aromatic rings. The number of aliphatic hydroxyl groups excluding tert-OH is 1. The van der Waals surface area contributed by atoms with Gasteiger partial charge in [0.25, 0.3) is 0 Å². The van der Waals surface area contributed by atoms with Crippen LogP contribution in [0.4, 0.5) is 5.82 Å². The molecule has 0 unspecified atom stereocenters. The molecule has 3 nitrogen and oxygen atoms in total. The van der Waals surface area contributed by atoms with Gasteiger partial charge in [-0.05, 0) is 18.6 Å². The first kappa shape index (κ1) is 10.6. The minimum absolute atomic E-state index is 0.201. The summed E-state index contributed by atoms with van der Waals surface area (Å²) in [4.78, 5) is 4.08. The van der Waals surface area contributed by atoms with Crippen LogP contribution in [0.2, 0.25) is 0 Å². The highest BCUT2D eigenvalue weighted by atomic mass is 16.2. The quantitative estimate of drug-likeness (QED) is 0.557. The normalized spacial score (nSPS) is 9.00. The van der Waals surface area contributed by atoms with Gasteiger partial charge in [0.2, 0.25) is 0 Å². The number of nitrogens with one attached hydrogen (secondary N) is 1. The van der Waals surface area contributed by atoms with Gasteiger partial charge in [-0.2, -0.15) is 0 Å². The van der Waals surface area contributed by atoms with Crippen LogP contribution in [0.25, 0.3) is 0 Å². The molecule has 0 saturated carbocycles. The summed E-state index contributed by atoms with van der Waals surface area (Å²) < 4.78 is 0. The fourth-order valence-electron chi connectivity index (χ4n) is 0.977. The van der Waals surface area contributed by atoms with E-state index < -0.39 is 0 Å². The lowest BCUT2D eigenvalue weighted by molar-refractivity contribution is 0.290. The molecule has 0 radical (unpaired) electrons. The Labute approximate surface area is 84.2 Å². The topological polar surface area (TPSA) is 45.1 Å². The summed E-state index contributed by atoms with van der Waals surface area (Å²) in [5.74, 6) is 6.82. The van der Waals surface area contributed by atoms with Crippen molar-refractivity contribution < 1.29 is 5.11 Å². The third-order valence-corrected chi connectivity index (χ3v) is 1.71. The summed E-state index contributed by atoms with van der Waals surface area (Å²) >= 11 is 0. The van der Waals surface area contributed by atoms with E-state index in [2.05, 4.69) is 22.1 Å². The highest BCUT2D eigenvalue weighted by Gasteiger charge is 1.90. The average molecular weight is 190 g/mol. The Morgan fingerprint density at radius 3 is 3.14 bits per heavy atom. The molecule has 0 amide bonds. The van der Waals surface area contributed by atoms with Crippen LogP contribution in [0.1, 0.15) is 18.4 Å². The Bertz CT molecular complexity index is 339. The summed E-state index contributed by atoms with van der Waals surface area (Å²) in [7, 11) is 1.82. The first-order valence-corrected chi connectivity index (χ1v) is 4.60. The van der Waals surface area contributed by atoms with Crippen molar-refractivity contribution in [2.45, 2.75) is 12.8 Å². The predicted octanol–water partition coefficient (Wildman–Crippen LogP) is 1.25. The van der Waals surface area contributed by atoms with Crippen LogP contribution in [0, 0.1) is 11.8 Å². The standard InChI is InChI=1S/C11H14N2O/c1-12-11-9-10(6-7-13-11)5-3-2-4-8-14/h6-7,9,14H,2,4,8H2,1H3,(H,12,13). The smallest absolute Gasteiger partial charge is 0.126 e. The molecule has 0 spiro atoms. The molecule has 1 aromatic heterocycles. The second-order valence-corrected chi connectivity index (χ2v) is 2.81. The first-order valence-electron chi connectivity index (χ1n) is 4.60. The number of aliphatic hydroxyl groups is 1. The van der Waals surface area contributed by atoms with Crippen molar-refractivity contribution in [1.29, 1.82) is 0 Å². The molecule has 0 atom stereocenters. The van der Waals surface area contributed by atoms with E-state index in [4.69, 9.17) is 5.11 Å². The molecule has 74 valence electrons. The summed E-state index contributed by atoms with van der Waals surface area (Å²) in [5, 5.41) is 11.5. The summed E-state index contributed by atoms with van der Waals surface area (Å²) in [6, 6.07) is 3.76. The molecule has 14 heavy (non-hydrogen) atoms. The first-order chi connectivity index (χ1) is 6.86. The predicted molar refractivity (Wildman–Crippen MR) is 57.0 cm³/mol. The molecule has 1 rings (SSSR count). The molecular weight excluding hydrogens is 176 g/mol. The lowest BCUT2D eigenvalue weighted by Gasteiger charge is -1.97. The molecular formula is C11H14N2O. The van der Waals surface area contributed by atoms with Crippen molar-refractivity contribution in [2.24, 2.45) is 0 Å². The van der Waals surface area contributed by atoms with Gasteiger partial charge in [-0.3, -0.25) is 0 Å². The third-order valence-electron chi connectivity index (χ3n) is 1.71. The van der Waals surface area contributed by atoms with E-state index in [0.717, 1.165) is 24.2 Å². The van der Waals surface area contributed by atoms with E-state index in [9.17, 15) is 0 Å². The molecule has 0 aromatic carbocycles. The molecule has 0 saturated heterocycles. The number of anilines is 1. The molecule has 1 heterocycles. The van der Waals surface area contributed by atoms with E-state index >= 15 is 0 Å². The van der Waals surface area contributed by atoms with Gasteiger partial charge in [-0.25, -0.2) is 4.98 Å². The van der Waals surface area contributed by atoms with Gasteiger partial charge >= 0.3 is 0 Å². The lowest BCUT2D eigenvalue weighted by Crippen LogP contribution is -1.91. The van der Waals surface area contributed by atoms with Crippen molar-refractivity contribution in [1.82, 2.24) is 4.98 Å². The van der Waals surface area contributed by atoms with Gasteiger partial charge in [0.05, 0.1) is 0 Å². The molecule has 2 N–H and O–H groups in total. The van der Waals surface area contributed by atoms with Crippen LogP contribution >= 0.6 is 0 Å². The zero-order valence-electron chi connectivity index (χ0n) is 8.25. The lowest BCUT2D eigenvalue weighted by atomic mass is 10.2. The van der Waals surface area contributed by atoms with Crippen LogP contribution in [-0.4, -0.2) is 23.7 Å². The fraction of sp³-hybridized carbons (Fsp3) is 0.364. The van der Waals surface area contributed by atoms with E-state index in [1.807, 2.05) is 19.2 Å². The van der Waals surface area contributed by atoms with Crippen molar-refractivity contribution in [2.75, 3.05) is 19.0 Å². The monoisotopic (exact) mass is 190 g/mol. The maximum Gasteiger partial charge on any atom is 0.126 e. The zero-order valence-corrected chi connectivity index (χ0v) is 8.25. The molecule has 3 heteroatoms. The Hall–Kier alpha value is -1.53. The van der Waals surface area contributed by atoms with E-state index in [-0.39, 0.29) is 6.61 Å². The molecule has 0 aliphatic heterocycles. The highest BCUT2D eigenvalue weighted by Crippen LogP contribution is 2.04. The summed E-state index contributed by atoms with van der Waals surface area (Å²) in [5.41, 5.74) is 0.947. The second kappa shape index (κ2) is 6.01. The Balaban J connectivity index is 2.60. The van der Waals surface area contributed by atoms with Crippen LogP contribution in [-0.2, 0) is 0 Å². The summed E-state index contributed by atoms with van der Waals surface area (Å²) in [6.07, 6.45) is 3.19. The van der Waals surface area contributed by atoms with Crippen molar-refractivity contribution in [3.63, 3.8) is 0 Å². The van der Waals surface area contributed by atoms with Crippen molar-refractivity contribution in [3.8, 4) is 11.8 Å². The Morgan fingerprint density at radius 2 is 2.43 bits per heavy atom. The number of hydrogen-bond acceptors (Lipinski definition) is 3. The second-order valence-electron chi connectivity index (χ2n) is 2.81. The highest BCUT2D eigenvalue weighted by molar-refractivity contribution is 5.43. The van der Waals surface area contributed by atoms with Gasteiger partial charge < -0.3 is 10.4 Å². The molecule has 0 aliphatic carbocycles. The Morgan fingerprint density at radius 1 is 1.57 bits per heavy atom. The number of pyridine rings is 1. The van der Waals surface area contributed by atoms with E-state index in [0.29, 0.717) is 0 Å². The maximum absolute atomic E-state index is 8.56. The number of hydrogen-bond donors (Lipinski definition) is 2. The van der Waals surface area contributed by atoms with Gasteiger partial charge in [-0.1, -0.05) is 11.8 Å².